The van der Waals surface area contributed by atoms with Crippen molar-refractivity contribution in [2.24, 2.45) is 0 Å². The van der Waals surface area contributed by atoms with Crippen molar-refractivity contribution in [1.82, 2.24) is 5.32 Å². The maximum atomic E-state index is 12.0. The molecule has 1 aliphatic heterocycles. The van der Waals surface area contributed by atoms with Crippen LogP contribution in [0.1, 0.15) is 25.7 Å². The van der Waals surface area contributed by atoms with Gasteiger partial charge in [0.2, 0.25) is 5.91 Å². The lowest BCUT2D eigenvalue weighted by molar-refractivity contribution is -0.120. The molecule has 4 nitrogen and oxygen atoms in total. The van der Waals surface area contributed by atoms with Gasteiger partial charge in [-0.15, -0.1) is 0 Å². The van der Waals surface area contributed by atoms with Crippen LogP contribution in [0.5, 0.6) is 5.75 Å². The van der Waals surface area contributed by atoms with Crippen molar-refractivity contribution in [3.05, 3.63) is 29.8 Å². The number of fused-ring (bicyclic) bond motifs is 1. The van der Waals surface area contributed by atoms with Gasteiger partial charge < -0.3 is 15.4 Å². The first-order valence-electron chi connectivity index (χ1n) is 6.83. The van der Waals surface area contributed by atoms with Gasteiger partial charge in [-0.3, -0.25) is 4.79 Å². The zero-order valence-corrected chi connectivity index (χ0v) is 12.3. The van der Waals surface area contributed by atoms with Gasteiger partial charge in [0.25, 0.3) is 0 Å². The van der Waals surface area contributed by atoms with E-state index in [2.05, 4.69) is 16.7 Å². The van der Waals surface area contributed by atoms with Gasteiger partial charge in [-0.1, -0.05) is 23.4 Å². The van der Waals surface area contributed by atoms with Crippen LogP contribution in [0.25, 0.3) is 0 Å². The fourth-order valence-electron chi connectivity index (χ4n) is 2.51. The van der Waals surface area contributed by atoms with Crippen LogP contribution in [0.4, 0.5) is 5.69 Å². The standard InChI is InChI=1S/C15H18N2O2S/c1-19-11-6-7-12-13(9-11)20-15(16-12)17-14(18)8-10-4-2-3-5-10/h4,6-7,9,15-16H,2-3,5,8H2,1H3,(H,17,18). The zero-order valence-electron chi connectivity index (χ0n) is 11.4. The van der Waals surface area contributed by atoms with Gasteiger partial charge in [0.05, 0.1) is 12.8 Å². The quantitative estimate of drug-likeness (QED) is 0.837. The molecule has 2 N–H and O–H groups in total. The molecule has 5 heteroatoms. The number of anilines is 1. The molecule has 1 aromatic rings. The van der Waals surface area contributed by atoms with Crippen molar-refractivity contribution in [2.45, 2.75) is 36.1 Å². The van der Waals surface area contributed by atoms with Crippen LogP contribution in [-0.2, 0) is 4.79 Å². The average molecular weight is 290 g/mol. The third kappa shape index (κ3) is 2.93. The van der Waals surface area contributed by atoms with Gasteiger partial charge in [-0.05, 0) is 37.5 Å². The molecule has 0 aromatic heterocycles. The lowest BCUT2D eigenvalue weighted by atomic mass is 10.1. The number of methoxy groups -OCH3 is 1. The summed E-state index contributed by atoms with van der Waals surface area (Å²) in [6.07, 6.45) is 6.08. The van der Waals surface area contributed by atoms with E-state index in [-0.39, 0.29) is 11.4 Å². The molecule has 0 bridgehead atoms. The van der Waals surface area contributed by atoms with Gasteiger partial charge in [0.1, 0.15) is 5.75 Å². The molecular formula is C15H18N2O2S. The molecule has 1 amide bonds. The first-order valence-corrected chi connectivity index (χ1v) is 7.71. The van der Waals surface area contributed by atoms with Crippen LogP contribution < -0.4 is 15.4 Å². The third-order valence-electron chi connectivity index (χ3n) is 3.53. The fraction of sp³-hybridized carbons (Fsp3) is 0.400. The topological polar surface area (TPSA) is 50.4 Å². The van der Waals surface area contributed by atoms with E-state index in [1.54, 1.807) is 18.9 Å². The van der Waals surface area contributed by atoms with Gasteiger partial charge in [-0.25, -0.2) is 0 Å². The number of hydrogen-bond acceptors (Lipinski definition) is 4. The number of nitrogens with one attached hydrogen (secondary N) is 2. The van der Waals surface area contributed by atoms with Crippen molar-refractivity contribution >= 4 is 23.4 Å². The van der Waals surface area contributed by atoms with Gasteiger partial charge >= 0.3 is 0 Å². The number of carbonyl (C=O) groups is 1. The number of thioether (sulfide) groups is 1. The molecule has 106 valence electrons. The van der Waals surface area contributed by atoms with Crippen molar-refractivity contribution < 1.29 is 9.53 Å². The summed E-state index contributed by atoms with van der Waals surface area (Å²) in [6.45, 7) is 0. The number of rotatable bonds is 4. The smallest absolute Gasteiger partial charge is 0.226 e. The highest BCUT2D eigenvalue weighted by Gasteiger charge is 2.23. The second-order valence-electron chi connectivity index (χ2n) is 5.00. The highest BCUT2D eigenvalue weighted by molar-refractivity contribution is 8.00. The first-order chi connectivity index (χ1) is 9.74. The lowest BCUT2D eigenvalue weighted by Crippen LogP contribution is -2.35. The van der Waals surface area contributed by atoms with Crippen LogP contribution >= 0.6 is 11.8 Å². The van der Waals surface area contributed by atoms with Crippen LogP contribution in [0.2, 0.25) is 0 Å². The van der Waals surface area contributed by atoms with Gasteiger partial charge in [-0.2, -0.15) is 0 Å². The highest BCUT2D eigenvalue weighted by atomic mass is 32.2. The molecule has 0 saturated heterocycles. The molecule has 1 unspecified atom stereocenters. The molecule has 1 aliphatic carbocycles. The van der Waals surface area contributed by atoms with E-state index < -0.39 is 0 Å². The maximum Gasteiger partial charge on any atom is 0.226 e. The summed E-state index contributed by atoms with van der Waals surface area (Å²) in [7, 11) is 1.66. The summed E-state index contributed by atoms with van der Waals surface area (Å²) in [5.41, 5.74) is 2.22. The van der Waals surface area contributed by atoms with Gasteiger partial charge in [0, 0.05) is 11.3 Å². The van der Waals surface area contributed by atoms with E-state index in [1.807, 2.05) is 18.2 Å². The Morgan fingerprint density at radius 1 is 1.55 bits per heavy atom. The predicted octanol–water partition coefficient (Wildman–Crippen LogP) is 3.11. The van der Waals surface area contributed by atoms with Crippen molar-refractivity contribution in [1.29, 1.82) is 0 Å². The monoisotopic (exact) mass is 290 g/mol. The second kappa shape index (κ2) is 5.79. The lowest BCUT2D eigenvalue weighted by Gasteiger charge is -2.13. The Morgan fingerprint density at radius 2 is 2.45 bits per heavy atom. The molecule has 0 radical (unpaired) electrons. The van der Waals surface area contributed by atoms with Crippen molar-refractivity contribution in [2.75, 3.05) is 12.4 Å². The second-order valence-corrected chi connectivity index (χ2v) is 6.15. The van der Waals surface area contributed by atoms with E-state index in [9.17, 15) is 4.79 Å². The average Bonchev–Trinajstić information content (AvgIpc) is 3.06. The highest BCUT2D eigenvalue weighted by Crippen LogP contribution is 2.39. The van der Waals surface area contributed by atoms with Crippen LogP contribution in [0.3, 0.4) is 0 Å². The summed E-state index contributed by atoms with van der Waals surface area (Å²) in [5.74, 6) is 0.920. The SMILES string of the molecule is COc1ccc2c(c1)SC(NC(=O)CC1=CCCC1)N2. The summed E-state index contributed by atoms with van der Waals surface area (Å²) >= 11 is 1.61. The molecular weight excluding hydrogens is 272 g/mol. The van der Waals surface area contributed by atoms with Crippen LogP contribution in [0, 0.1) is 0 Å². The Labute approximate surface area is 123 Å². The summed E-state index contributed by atoms with van der Waals surface area (Å²) < 4.78 is 5.21. The minimum absolute atomic E-state index is 0.0860. The van der Waals surface area contributed by atoms with Crippen LogP contribution in [-0.4, -0.2) is 18.5 Å². The summed E-state index contributed by atoms with van der Waals surface area (Å²) in [4.78, 5) is 13.1. The molecule has 0 fully saturated rings. The zero-order chi connectivity index (χ0) is 13.9. The van der Waals surface area contributed by atoms with E-state index in [0.29, 0.717) is 6.42 Å². The Morgan fingerprint density at radius 3 is 3.20 bits per heavy atom. The number of allylic oxidation sites excluding steroid dienone is 1. The Hall–Kier alpha value is -1.62. The Kier molecular flexibility index (Phi) is 3.87. The largest absolute Gasteiger partial charge is 0.497 e. The molecule has 0 saturated carbocycles. The minimum Gasteiger partial charge on any atom is -0.497 e. The van der Waals surface area contributed by atoms with E-state index in [1.165, 1.54) is 12.0 Å². The number of ether oxygens (including phenoxy) is 1. The molecule has 0 spiro atoms. The minimum atomic E-state index is -0.0911. The van der Waals surface area contributed by atoms with Gasteiger partial charge in [0.15, 0.2) is 5.50 Å². The first kappa shape index (κ1) is 13.4. The number of carbonyl (C=O) groups excluding carboxylic acids is 1. The summed E-state index contributed by atoms with van der Waals surface area (Å²) in [5, 5.41) is 6.32. The normalized spacial score (nSPS) is 20.1. The molecule has 1 heterocycles. The molecule has 3 rings (SSSR count). The van der Waals surface area contributed by atoms with Crippen molar-refractivity contribution in [3.8, 4) is 5.75 Å². The fourth-order valence-corrected chi connectivity index (χ4v) is 3.58. The Balaban J connectivity index is 1.56. The number of hydrogen-bond donors (Lipinski definition) is 2. The Bertz CT molecular complexity index is 557. The molecule has 1 aromatic carbocycles. The number of benzene rings is 1. The van der Waals surface area contributed by atoms with E-state index in [0.717, 1.165) is 29.2 Å². The number of amides is 1. The van der Waals surface area contributed by atoms with Crippen LogP contribution in [0.15, 0.2) is 34.7 Å². The molecule has 2 aliphatic rings. The molecule has 1 atom stereocenters. The summed E-state index contributed by atoms with van der Waals surface area (Å²) in [6, 6.07) is 5.88. The third-order valence-corrected chi connectivity index (χ3v) is 4.60. The predicted molar refractivity (Wildman–Crippen MR) is 81.0 cm³/mol. The van der Waals surface area contributed by atoms with E-state index in [4.69, 9.17) is 4.74 Å². The molecule has 20 heavy (non-hydrogen) atoms. The van der Waals surface area contributed by atoms with E-state index >= 15 is 0 Å². The van der Waals surface area contributed by atoms with Crippen molar-refractivity contribution in [3.63, 3.8) is 0 Å². The maximum absolute atomic E-state index is 12.0.